The zero-order chi connectivity index (χ0) is 7.07. The van der Waals surface area contributed by atoms with E-state index in [2.05, 4.69) is 15.9 Å². The molecule has 1 aliphatic carbocycles. The molecule has 0 bridgehead atoms. The van der Waals surface area contributed by atoms with Gasteiger partial charge >= 0.3 is 4.83 Å². The van der Waals surface area contributed by atoms with E-state index in [4.69, 9.17) is 5.11 Å². The molecule has 1 fully saturated rings. The van der Waals surface area contributed by atoms with Crippen LogP contribution in [0.5, 0.6) is 0 Å². The average molecular weight is 201 g/mol. The lowest BCUT2D eigenvalue weighted by atomic mass is 10.2. The van der Waals surface area contributed by atoms with Crippen LogP contribution in [-0.2, 0) is 0 Å². The number of rotatable bonds is 2. The first-order valence-corrected chi connectivity index (χ1v) is 3.56. The molecule has 1 N–H and O–H groups in total. The summed E-state index contributed by atoms with van der Waals surface area (Å²) < 4.78 is 24.1. The summed E-state index contributed by atoms with van der Waals surface area (Å²) in [6, 6.07) is 0. The third kappa shape index (κ3) is 1.86. The molecule has 0 aromatic carbocycles. The van der Waals surface area contributed by atoms with Gasteiger partial charge in [-0.2, -0.15) is 8.78 Å². The molecule has 1 aliphatic rings. The number of alkyl halides is 3. The van der Waals surface area contributed by atoms with E-state index in [9.17, 15) is 8.78 Å². The summed E-state index contributed by atoms with van der Waals surface area (Å²) >= 11 is 2.10. The number of aliphatic hydroxyl groups is 1. The lowest BCUT2D eigenvalue weighted by molar-refractivity contribution is -0.0393. The molecule has 9 heavy (non-hydrogen) atoms. The van der Waals surface area contributed by atoms with Gasteiger partial charge in [-0.3, -0.25) is 0 Å². The molecule has 0 aromatic rings. The maximum Gasteiger partial charge on any atom is 0.326 e. The summed E-state index contributed by atoms with van der Waals surface area (Å²) in [5.74, 6) is -0.181. The summed E-state index contributed by atoms with van der Waals surface area (Å²) in [5, 5.41) is 8.73. The lowest BCUT2D eigenvalue weighted by Gasteiger charge is -2.14. The van der Waals surface area contributed by atoms with Crippen LogP contribution in [0, 0.1) is 5.92 Å². The molecule has 1 atom stereocenters. The molecule has 54 valence electrons. The van der Waals surface area contributed by atoms with Crippen molar-refractivity contribution in [2.75, 3.05) is 0 Å². The Hall–Kier alpha value is 0.300. The highest BCUT2D eigenvalue weighted by atomic mass is 79.9. The summed E-state index contributed by atoms with van der Waals surface area (Å²) in [4.78, 5) is -3.09. The van der Waals surface area contributed by atoms with Crippen LogP contribution < -0.4 is 0 Å². The van der Waals surface area contributed by atoms with Crippen LogP contribution in [0.2, 0.25) is 0 Å². The van der Waals surface area contributed by atoms with Crippen molar-refractivity contribution < 1.29 is 13.9 Å². The van der Waals surface area contributed by atoms with Gasteiger partial charge in [-0.15, -0.1) is 0 Å². The average Bonchev–Trinajstić information content (AvgIpc) is 2.40. The molecular weight excluding hydrogens is 194 g/mol. The van der Waals surface area contributed by atoms with Crippen molar-refractivity contribution in [3.63, 3.8) is 0 Å². The smallest absolute Gasteiger partial charge is 0.326 e. The van der Waals surface area contributed by atoms with Gasteiger partial charge in [0.25, 0.3) is 0 Å². The van der Waals surface area contributed by atoms with Gasteiger partial charge in [0.05, 0.1) is 0 Å². The molecular formula is C5H7BrF2O. The predicted molar refractivity (Wildman–Crippen MR) is 32.6 cm³/mol. The van der Waals surface area contributed by atoms with E-state index in [-0.39, 0.29) is 5.92 Å². The lowest BCUT2D eigenvalue weighted by Crippen LogP contribution is -2.28. The van der Waals surface area contributed by atoms with Gasteiger partial charge in [-0.1, -0.05) is 0 Å². The van der Waals surface area contributed by atoms with Gasteiger partial charge in [0.15, 0.2) is 0 Å². The largest absolute Gasteiger partial charge is 0.386 e. The van der Waals surface area contributed by atoms with Gasteiger partial charge in [0.2, 0.25) is 0 Å². The van der Waals surface area contributed by atoms with Gasteiger partial charge < -0.3 is 5.11 Å². The first kappa shape index (κ1) is 7.41. The van der Waals surface area contributed by atoms with Crippen LogP contribution in [0.15, 0.2) is 0 Å². The zero-order valence-electron chi connectivity index (χ0n) is 4.65. The van der Waals surface area contributed by atoms with Crippen molar-refractivity contribution >= 4 is 15.9 Å². The van der Waals surface area contributed by atoms with E-state index >= 15 is 0 Å². The Balaban J connectivity index is 2.40. The minimum atomic E-state index is -3.09. The first-order valence-electron chi connectivity index (χ1n) is 2.76. The Bertz CT molecular complexity index is 108. The fourth-order valence-electron chi connectivity index (χ4n) is 0.679. The van der Waals surface area contributed by atoms with E-state index in [0.717, 1.165) is 12.8 Å². The molecule has 0 radical (unpaired) electrons. The predicted octanol–water partition coefficient (Wildman–Crippen LogP) is 1.75. The van der Waals surface area contributed by atoms with Crippen molar-refractivity contribution in [2.45, 2.75) is 23.8 Å². The van der Waals surface area contributed by atoms with Gasteiger partial charge in [-0.05, 0) is 34.7 Å². The second-order valence-corrected chi connectivity index (χ2v) is 3.38. The highest BCUT2D eigenvalue weighted by Crippen LogP contribution is 2.41. The zero-order valence-corrected chi connectivity index (χ0v) is 6.24. The maximum absolute atomic E-state index is 12.1. The normalized spacial score (nSPS) is 24.0. The van der Waals surface area contributed by atoms with E-state index in [0.29, 0.717) is 0 Å². The van der Waals surface area contributed by atoms with E-state index in [1.807, 2.05) is 0 Å². The van der Waals surface area contributed by atoms with Crippen molar-refractivity contribution in [1.29, 1.82) is 0 Å². The van der Waals surface area contributed by atoms with Crippen LogP contribution >= 0.6 is 15.9 Å². The summed E-state index contributed by atoms with van der Waals surface area (Å²) in [7, 11) is 0. The highest BCUT2D eigenvalue weighted by Gasteiger charge is 2.45. The Kier molecular flexibility index (Phi) is 1.78. The molecule has 0 spiro atoms. The topological polar surface area (TPSA) is 20.2 Å². The second kappa shape index (κ2) is 2.16. The molecule has 1 unspecified atom stereocenters. The minimum absolute atomic E-state index is 0.181. The molecule has 1 rings (SSSR count). The molecule has 0 saturated heterocycles. The second-order valence-electron chi connectivity index (χ2n) is 2.32. The minimum Gasteiger partial charge on any atom is -0.386 e. The number of halogens is 3. The quantitative estimate of drug-likeness (QED) is 0.674. The fraction of sp³-hybridized carbons (Fsp3) is 1.00. The molecule has 4 heteroatoms. The van der Waals surface area contributed by atoms with Crippen LogP contribution in [0.4, 0.5) is 8.78 Å². The Morgan fingerprint density at radius 1 is 1.56 bits per heavy atom. The van der Waals surface area contributed by atoms with E-state index in [1.165, 1.54) is 0 Å². The van der Waals surface area contributed by atoms with Crippen molar-refractivity contribution in [1.82, 2.24) is 0 Å². The molecule has 0 heterocycles. The standard InChI is InChI=1S/C5H7BrF2O/c6-5(7,8)4(9)3-1-2-3/h3-4,9H,1-2H2. The molecule has 1 saturated carbocycles. The molecule has 1 nitrogen and oxygen atoms in total. The molecule has 0 aromatic heterocycles. The van der Waals surface area contributed by atoms with Gasteiger partial charge in [0, 0.05) is 0 Å². The molecule has 0 amide bonds. The van der Waals surface area contributed by atoms with Crippen molar-refractivity contribution in [2.24, 2.45) is 5.92 Å². The fourth-order valence-corrected chi connectivity index (χ4v) is 1.05. The van der Waals surface area contributed by atoms with E-state index in [1.54, 1.807) is 0 Å². The number of hydrogen-bond donors (Lipinski definition) is 1. The third-order valence-electron chi connectivity index (χ3n) is 1.40. The maximum atomic E-state index is 12.1. The number of hydrogen-bond acceptors (Lipinski definition) is 1. The Morgan fingerprint density at radius 2 is 2.00 bits per heavy atom. The summed E-state index contributed by atoms with van der Waals surface area (Å²) in [5.41, 5.74) is 0. The summed E-state index contributed by atoms with van der Waals surface area (Å²) in [6.45, 7) is 0. The van der Waals surface area contributed by atoms with Crippen molar-refractivity contribution in [3.8, 4) is 0 Å². The van der Waals surface area contributed by atoms with Crippen LogP contribution in [0.3, 0.4) is 0 Å². The van der Waals surface area contributed by atoms with Crippen LogP contribution in [0.1, 0.15) is 12.8 Å². The Morgan fingerprint density at radius 3 is 2.11 bits per heavy atom. The van der Waals surface area contributed by atoms with E-state index < -0.39 is 10.9 Å². The van der Waals surface area contributed by atoms with Crippen LogP contribution in [0.25, 0.3) is 0 Å². The van der Waals surface area contributed by atoms with Crippen molar-refractivity contribution in [3.05, 3.63) is 0 Å². The number of aliphatic hydroxyl groups excluding tert-OH is 1. The highest BCUT2D eigenvalue weighted by molar-refractivity contribution is 9.10. The van der Waals surface area contributed by atoms with Gasteiger partial charge in [-0.25, -0.2) is 0 Å². The SMILES string of the molecule is OC(C1CC1)C(F)(F)Br. The third-order valence-corrected chi connectivity index (χ3v) is 1.87. The molecule has 0 aliphatic heterocycles. The first-order chi connectivity index (χ1) is 4.02. The monoisotopic (exact) mass is 200 g/mol. The van der Waals surface area contributed by atoms with Crippen LogP contribution in [-0.4, -0.2) is 16.0 Å². The van der Waals surface area contributed by atoms with Gasteiger partial charge in [0.1, 0.15) is 6.10 Å². The summed E-state index contributed by atoms with van der Waals surface area (Å²) in [6.07, 6.45) is -0.0393. The Labute approximate surface area is 60.2 Å².